The summed E-state index contributed by atoms with van der Waals surface area (Å²) in [4.78, 5) is 12.0. The number of rotatable bonds is 9. The quantitative estimate of drug-likeness (QED) is 0.295. The molecule has 164 valence electrons. The van der Waals surface area contributed by atoms with Gasteiger partial charge in [-0.25, -0.2) is 0 Å². The van der Waals surface area contributed by atoms with E-state index in [9.17, 15) is 4.79 Å². The van der Waals surface area contributed by atoms with Gasteiger partial charge in [0.05, 0.1) is 15.7 Å². The van der Waals surface area contributed by atoms with E-state index in [1.807, 2.05) is 47.9 Å². The summed E-state index contributed by atoms with van der Waals surface area (Å²) in [6.45, 7) is 6.92. The number of hydrogen-bond donors (Lipinski definition) is 1. The number of carbonyl (C=O) groups excluding carboxylic acids is 1. The predicted molar refractivity (Wildman–Crippen MR) is 129 cm³/mol. The lowest BCUT2D eigenvalue weighted by molar-refractivity contribution is -0.121. The topological polar surface area (TPSA) is 59.8 Å². The van der Waals surface area contributed by atoms with Crippen LogP contribution in [0, 0.1) is 12.8 Å². The van der Waals surface area contributed by atoms with Gasteiger partial charge in [0.15, 0.2) is 11.0 Å². The molecule has 0 saturated heterocycles. The van der Waals surface area contributed by atoms with Gasteiger partial charge in [0.25, 0.3) is 0 Å². The van der Waals surface area contributed by atoms with Crippen molar-refractivity contribution in [1.82, 2.24) is 20.1 Å². The third-order valence-electron chi connectivity index (χ3n) is 4.59. The van der Waals surface area contributed by atoms with Gasteiger partial charge in [0, 0.05) is 24.3 Å². The highest BCUT2D eigenvalue weighted by Crippen LogP contribution is 2.31. The van der Waals surface area contributed by atoms with E-state index in [2.05, 4.69) is 29.4 Å². The second-order valence-electron chi connectivity index (χ2n) is 7.76. The molecule has 3 aromatic rings. The number of hydrogen-bond acceptors (Lipinski definition) is 4. The van der Waals surface area contributed by atoms with Crippen molar-refractivity contribution in [2.45, 2.75) is 38.8 Å². The predicted octanol–water partition coefficient (Wildman–Crippen LogP) is 6.19. The molecule has 5 nitrogen and oxygen atoms in total. The smallest absolute Gasteiger partial charge is 0.220 e. The van der Waals surface area contributed by atoms with Gasteiger partial charge in [0.2, 0.25) is 5.91 Å². The van der Waals surface area contributed by atoms with Gasteiger partial charge in [-0.2, -0.15) is 0 Å². The Morgan fingerprint density at radius 2 is 1.84 bits per heavy atom. The fraction of sp³-hybridized carbons (Fsp3) is 0.348. The summed E-state index contributed by atoms with van der Waals surface area (Å²) in [5, 5.41) is 13.5. The van der Waals surface area contributed by atoms with Gasteiger partial charge in [-0.1, -0.05) is 78.6 Å². The molecule has 0 fully saturated rings. The van der Waals surface area contributed by atoms with Crippen LogP contribution in [-0.2, 0) is 4.79 Å². The lowest BCUT2D eigenvalue weighted by Crippen LogP contribution is -2.27. The summed E-state index contributed by atoms with van der Waals surface area (Å²) in [5.41, 5.74) is 2.98. The van der Waals surface area contributed by atoms with Gasteiger partial charge < -0.3 is 5.32 Å². The minimum atomic E-state index is 0.0839. The molecule has 0 aliphatic rings. The van der Waals surface area contributed by atoms with Gasteiger partial charge in [-0.05, 0) is 37.5 Å². The minimum Gasteiger partial charge on any atom is -0.356 e. The van der Waals surface area contributed by atoms with Crippen LogP contribution in [0.4, 0.5) is 0 Å². The minimum absolute atomic E-state index is 0.0839. The van der Waals surface area contributed by atoms with E-state index in [1.54, 1.807) is 17.8 Å². The average Bonchev–Trinajstić information content (AvgIpc) is 3.16. The molecule has 0 aliphatic carbocycles. The molecule has 0 bridgehead atoms. The Labute approximate surface area is 197 Å². The number of aromatic nitrogens is 3. The maximum absolute atomic E-state index is 12.0. The largest absolute Gasteiger partial charge is 0.356 e. The zero-order chi connectivity index (χ0) is 22.4. The standard InChI is InChI=1S/C23H26Cl2N4OS/c1-15(2)14-26-21(30)5-4-12-31-23-28-27-22(17-8-6-16(3)7-9-17)29(23)18-10-11-19(24)20(25)13-18/h6-11,13,15H,4-5,12,14H2,1-3H3,(H,26,30). The lowest BCUT2D eigenvalue weighted by Gasteiger charge is -2.12. The van der Waals surface area contributed by atoms with Crippen molar-refractivity contribution in [3.63, 3.8) is 0 Å². The molecule has 31 heavy (non-hydrogen) atoms. The number of halogens is 2. The van der Waals surface area contributed by atoms with Crippen LogP contribution in [0.15, 0.2) is 47.6 Å². The number of benzene rings is 2. The van der Waals surface area contributed by atoms with E-state index in [1.165, 1.54) is 5.56 Å². The number of thioether (sulfide) groups is 1. The molecule has 1 N–H and O–H groups in total. The molecular formula is C23H26Cl2N4OS. The van der Waals surface area contributed by atoms with Gasteiger partial charge >= 0.3 is 0 Å². The van der Waals surface area contributed by atoms with Crippen LogP contribution in [0.3, 0.4) is 0 Å². The van der Waals surface area contributed by atoms with Crippen LogP contribution >= 0.6 is 35.0 Å². The SMILES string of the molecule is Cc1ccc(-c2nnc(SCCCC(=O)NCC(C)C)n2-c2ccc(Cl)c(Cl)c2)cc1. The summed E-state index contributed by atoms with van der Waals surface area (Å²) in [7, 11) is 0. The number of nitrogens with zero attached hydrogens (tertiary/aromatic N) is 3. The molecule has 1 amide bonds. The molecule has 8 heteroatoms. The summed E-state index contributed by atoms with van der Waals surface area (Å²) in [5.74, 6) is 2.02. The molecule has 3 rings (SSSR count). The van der Waals surface area contributed by atoms with Crippen molar-refractivity contribution in [2.24, 2.45) is 5.92 Å². The third-order valence-corrected chi connectivity index (χ3v) is 6.35. The highest BCUT2D eigenvalue weighted by atomic mass is 35.5. The molecular weight excluding hydrogens is 451 g/mol. The number of nitrogens with one attached hydrogen (secondary N) is 1. The Morgan fingerprint density at radius 3 is 2.52 bits per heavy atom. The van der Waals surface area contributed by atoms with Crippen LogP contribution < -0.4 is 5.32 Å². The third kappa shape index (κ3) is 6.48. The van der Waals surface area contributed by atoms with Crippen molar-refractivity contribution < 1.29 is 4.79 Å². The zero-order valence-corrected chi connectivity index (χ0v) is 20.2. The first-order chi connectivity index (χ1) is 14.8. The van der Waals surface area contributed by atoms with E-state index in [0.717, 1.165) is 34.4 Å². The van der Waals surface area contributed by atoms with E-state index >= 15 is 0 Å². The van der Waals surface area contributed by atoms with Crippen LogP contribution in [-0.4, -0.2) is 33.0 Å². The zero-order valence-electron chi connectivity index (χ0n) is 17.9. The van der Waals surface area contributed by atoms with E-state index in [0.29, 0.717) is 28.9 Å². The lowest BCUT2D eigenvalue weighted by atomic mass is 10.1. The maximum atomic E-state index is 12.0. The Bertz CT molecular complexity index is 1030. The molecule has 0 spiro atoms. The molecule has 0 unspecified atom stereocenters. The fourth-order valence-electron chi connectivity index (χ4n) is 2.91. The summed E-state index contributed by atoms with van der Waals surface area (Å²) in [6, 6.07) is 13.6. The van der Waals surface area contributed by atoms with E-state index in [4.69, 9.17) is 23.2 Å². The van der Waals surface area contributed by atoms with Gasteiger partial charge in [-0.15, -0.1) is 10.2 Å². The van der Waals surface area contributed by atoms with Crippen molar-refractivity contribution in [1.29, 1.82) is 0 Å². The van der Waals surface area contributed by atoms with E-state index < -0.39 is 0 Å². The molecule has 0 radical (unpaired) electrons. The van der Waals surface area contributed by atoms with Gasteiger partial charge in [0.1, 0.15) is 0 Å². The van der Waals surface area contributed by atoms with Crippen LogP contribution in [0.2, 0.25) is 10.0 Å². The number of carbonyl (C=O) groups is 1. The highest BCUT2D eigenvalue weighted by Gasteiger charge is 2.17. The second kappa shape index (κ2) is 11.0. The Balaban J connectivity index is 1.79. The Morgan fingerprint density at radius 1 is 1.10 bits per heavy atom. The number of aryl methyl sites for hydroxylation is 1. The summed E-state index contributed by atoms with van der Waals surface area (Å²) < 4.78 is 1.98. The average molecular weight is 477 g/mol. The first-order valence-electron chi connectivity index (χ1n) is 10.2. The molecule has 2 aromatic carbocycles. The second-order valence-corrected chi connectivity index (χ2v) is 9.63. The van der Waals surface area contributed by atoms with Gasteiger partial charge in [-0.3, -0.25) is 9.36 Å². The summed E-state index contributed by atoms with van der Waals surface area (Å²) >= 11 is 14.0. The first kappa shape index (κ1) is 23.6. The molecule has 0 atom stereocenters. The monoisotopic (exact) mass is 476 g/mol. The van der Waals surface area contributed by atoms with Crippen molar-refractivity contribution >= 4 is 40.9 Å². The van der Waals surface area contributed by atoms with Crippen molar-refractivity contribution in [2.75, 3.05) is 12.3 Å². The Kier molecular flexibility index (Phi) is 8.41. The Hall–Kier alpha value is -2.02. The number of amides is 1. The fourth-order valence-corrected chi connectivity index (χ4v) is 4.10. The normalized spacial score (nSPS) is 11.2. The molecule has 1 aromatic heterocycles. The maximum Gasteiger partial charge on any atom is 0.220 e. The van der Waals surface area contributed by atoms with Crippen LogP contribution in [0.1, 0.15) is 32.3 Å². The van der Waals surface area contributed by atoms with Crippen molar-refractivity contribution in [3.8, 4) is 17.1 Å². The molecule has 1 heterocycles. The van der Waals surface area contributed by atoms with Crippen molar-refractivity contribution in [3.05, 3.63) is 58.1 Å². The highest BCUT2D eigenvalue weighted by molar-refractivity contribution is 7.99. The van der Waals surface area contributed by atoms with Crippen LogP contribution in [0.25, 0.3) is 17.1 Å². The van der Waals surface area contributed by atoms with Crippen LogP contribution in [0.5, 0.6) is 0 Å². The molecule has 0 aliphatic heterocycles. The summed E-state index contributed by atoms with van der Waals surface area (Å²) in [6.07, 6.45) is 1.24. The first-order valence-corrected chi connectivity index (χ1v) is 12.0. The van der Waals surface area contributed by atoms with E-state index in [-0.39, 0.29) is 5.91 Å². The molecule has 0 saturated carbocycles.